The summed E-state index contributed by atoms with van der Waals surface area (Å²) in [5, 5.41) is 0. The van der Waals surface area contributed by atoms with Crippen molar-refractivity contribution in [3.05, 3.63) is 63.9 Å². The maximum atomic E-state index is 12.2. The summed E-state index contributed by atoms with van der Waals surface area (Å²) < 4.78 is 0.870. The molecule has 19 heavy (non-hydrogen) atoms. The number of amides is 2. The second-order valence-corrected chi connectivity index (χ2v) is 5.12. The van der Waals surface area contributed by atoms with Crippen LogP contribution in [0.1, 0.15) is 26.4 Å². The number of carbonyl (C=O) groups excluding carboxylic acids is 2. The summed E-state index contributed by atoms with van der Waals surface area (Å²) in [5.74, 6) is -0.523. The molecule has 4 nitrogen and oxygen atoms in total. The lowest BCUT2D eigenvalue weighted by atomic mass is 10.1. The van der Waals surface area contributed by atoms with Crippen LogP contribution >= 0.6 is 15.9 Å². The number of imide groups is 1. The van der Waals surface area contributed by atoms with Gasteiger partial charge in [-0.15, -0.1) is 0 Å². The van der Waals surface area contributed by atoms with Gasteiger partial charge in [0.25, 0.3) is 11.8 Å². The Morgan fingerprint density at radius 2 is 1.68 bits per heavy atom. The van der Waals surface area contributed by atoms with Crippen LogP contribution in [0.5, 0.6) is 0 Å². The first-order valence-corrected chi connectivity index (χ1v) is 6.52. The van der Waals surface area contributed by atoms with E-state index in [0.717, 1.165) is 4.47 Å². The largest absolute Gasteiger partial charge is 0.269 e. The van der Waals surface area contributed by atoms with Gasteiger partial charge in [-0.1, -0.05) is 28.1 Å². The average Bonchev–Trinajstić information content (AvgIpc) is 2.65. The summed E-state index contributed by atoms with van der Waals surface area (Å²) in [4.78, 5) is 29.7. The molecule has 1 aliphatic heterocycles. The topological polar surface area (TPSA) is 50.3 Å². The Hall–Kier alpha value is -2.01. The predicted octanol–water partition coefficient (Wildman–Crippen LogP) is 2.64. The Morgan fingerprint density at radius 1 is 1.05 bits per heavy atom. The van der Waals surface area contributed by atoms with Crippen LogP contribution in [0.2, 0.25) is 0 Å². The van der Waals surface area contributed by atoms with Crippen molar-refractivity contribution in [2.75, 3.05) is 0 Å². The molecule has 0 radical (unpaired) electrons. The van der Waals surface area contributed by atoms with E-state index in [1.165, 1.54) is 4.90 Å². The second-order valence-electron chi connectivity index (χ2n) is 4.21. The molecule has 1 aromatic carbocycles. The lowest BCUT2D eigenvalue weighted by Crippen LogP contribution is -2.29. The molecule has 0 fully saturated rings. The Labute approximate surface area is 118 Å². The fraction of sp³-hybridized carbons (Fsp3) is 0.0714. The summed E-state index contributed by atoms with van der Waals surface area (Å²) in [5.41, 5.74) is 1.59. The number of fused-ring (bicyclic) bond motifs is 1. The number of rotatable bonds is 2. The standard InChI is InChI=1S/C14H9BrN2O2/c15-9-5-6-16-10(7-9)8-17-13(18)11-3-1-2-4-12(11)14(17)19/h1-7H,8H2. The highest BCUT2D eigenvalue weighted by Gasteiger charge is 2.35. The van der Waals surface area contributed by atoms with E-state index < -0.39 is 0 Å². The molecule has 0 aliphatic carbocycles. The van der Waals surface area contributed by atoms with Crippen molar-refractivity contribution < 1.29 is 9.59 Å². The normalized spacial score (nSPS) is 13.8. The van der Waals surface area contributed by atoms with Crippen LogP contribution in [0.25, 0.3) is 0 Å². The Morgan fingerprint density at radius 3 is 2.26 bits per heavy atom. The van der Waals surface area contributed by atoms with Gasteiger partial charge in [-0.3, -0.25) is 19.5 Å². The molecular weight excluding hydrogens is 308 g/mol. The van der Waals surface area contributed by atoms with Crippen LogP contribution in [-0.4, -0.2) is 21.7 Å². The van der Waals surface area contributed by atoms with Gasteiger partial charge in [0.15, 0.2) is 0 Å². The molecule has 0 N–H and O–H groups in total. The molecule has 2 aromatic rings. The van der Waals surface area contributed by atoms with Crippen molar-refractivity contribution in [1.82, 2.24) is 9.88 Å². The second kappa shape index (κ2) is 4.59. The minimum Gasteiger partial charge on any atom is -0.269 e. The lowest BCUT2D eigenvalue weighted by Gasteiger charge is -2.13. The van der Waals surface area contributed by atoms with Gasteiger partial charge in [-0.05, 0) is 24.3 Å². The van der Waals surface area contributed by atoms with E-state index >= 15 is 0 Å². The van der Waals surface area contributed by atoms with Gasteiger partial charge in [0, 0.05) is 10.7 Å². The minimum atomic E-state index is -0.262. The van der Waals surface area contributed by atoms with E-state index in [9.17, 15) is 9.59 Å². The van der Waals surface area contributed by atoms with Gasteiger partial charge in [-0.25, -0.2) is 0 Å². The molecule has 0 saturated heterocycles. The maximum absolute atomic E-state index is 12.2. The summed E-state index contributed by atoms with van der Waals surface area (Å²) in [6, 6.07) is 10.4. The Balaban J connectivity index is 1.92. The molecule has 5 heteroatoms. The van der Waals surface area contributed by atoms with Crippen LogP contribution in [0.4, 0.5) is 0 Å². The zero-order valence-corrected chi connectivity index (χ0v) is 11.4. The van der Waals surface area contributed by atoms with Gasteiger partial charge in [-0.2, -0.15) is 0 Å². The third-order valence-corrected chi connectivity index (χ3v) is 3.47. The highest BCUT2D eigenvalue weighted by Crippen LogP contribution is 2.24. The number of hydrogen-bond acceptors (Lipinski definition) is 3. The summed E-state index contributed by atoms with van der Waals surface area (Å²) >= 11 is 3.34. The summed E-state index contributed by atoms with van der Waals surface area (Å²) in [6.45, 7) is 0.186. The quantitative estimate of drug-likeness (QED) is 0.800. The van der Waals surface area contributed by atoms with Crippen molar-refractivity contribution in [2.45, 2.75) is 6.54 Å². The van der Waals surface area contributed by atoms with Crippen molar-refractivity contribution in [2.24, 2.45) is 0 Å². The average molecular weight is 317 g/mol. The molecule has 0 spiro atoms. The monoisotopic (exact) mass is 316 g/mol. The number of halogens is 1. The van der Waals surface area contributed by atoms with E-state index in [2.05, 4.69) is 20.9 Å². The SMILES string of the molecule is O=C1c2ccccc2C(=O)N1Cc1cc(Br)ccn1. The molecule has 3 rings (SSSR count). The third kappa shape index (κ3) is 2.06. The number of carbonyl (C=O) groups is 2. The number of hydrogen-bond donors (Lipinski definition) is 0. The zero-order chi connectivity index (χ0) is 13.4. The smallest absolute Gasteiger partial charge is 0.261 e. The van der Waals surface area contributed by atoms with E-state index in [0.29, 0.717) is 16.8 Å². The van der Waals surface area contributed by atoms with Crippen LogP contribution in [0, 0.1) is 0 Å². The van der Waals surface area contributed by atoms with E-state index in [1.54, 1.807) is 42.6 Å². The molecule has 0 saturated carbocycles. The van der Waals surface area contributed by atoms with Crippen LogP contribution < -0.4 is 0 Å². The maximum Gasteiger partial charge on any atom is 0.261 e. The zero-order valence-electron chi connectivity index (χ0n) is 9.84. The third-order valence-electron chi connectivity index (χ3n) is 2.98. The van der Waals surface area contributed by atoms with Crippen molar-refractivity contribution in [3.63, 3.8) is 0 Å². The summed E-state index contributed by atoms with van der Waals surface area (Å²) in [6.07, 6.45) is 1.64. The van der Waals surface area contributed by atoms with Gasteiger partial charge in [0.2, 0.25) is 0 Å². The van der Waals surface area contributed by atoms with Crippen LogP contribution in [0.15, 0.2) is 47.1 Å². The lowest BCUT2D eigenvalue weighted by molar-refractivity contribution is 0.0640. The van der Waals surface area contributed by atoms with Crippen molar-refractivity contribution in [1.29, 1.82) is 0 Å². The fourth-order valence-electron chi connectivity index (χ4n) is 2.08. The van der Waals surface area contributed by atoms with E-state index in [-0.39, 0.29) is 18.4 Å². The van der Waals surface area contributed by atoms with Crippen LogP contribution in [0.3, 0.4) is 0 Å². The van der Waals surface area contributed by atoms with Gasteiger partial charge in [0.1, 0.15) is 0 Å². The van der Waals surface area contributed by atoms with Crippen LogP contribution in [-0.2, 0) is 6.54 Å². The highest BCUT2D eigenvalue weighted by atomic mass is 79.9. The molecule has 2 amide bonds. The minimum absolute atomic E-state index is 0.186. The molecule has 0 unspecified atom stereocenters. The molecule has 0 atom stereocenters. The molecular formula is C14H9BrN2O2. The van der Waals surface area contributed by atoms with E-state index in [4.69, 9.17) is 0 Å². The molecule has 1 aromatic heterocycles. The summed E-state index contributed by atoms with van der Waals surface area (Å²) in [7, 11) is 0. The highest BCUT2D eigenvalue weighted by molar-refractivity contribution is 9.10. The van der Waals surface area contributed by atoms with E-state index in [1.807, 2.05) is 0 Å². The first kappa shape index (κ1) is 12.0. The fourth-order valence-corrected chi connectivity index (χ4v) is 2.46. The molecule has 94 valence electrons. The van der Waals surface area contributed by atoms with Crippen molar-refractivity contribution >= 4 is 27.7 Å². The first-order chi connectivity index (χ1) is 9.16. The van der Waals surface area contributed by atoms with Gasteiger partial charge >= 0.3 is 0 Å². The van der Waals surface area contributed by atoms with Gasteiger partial charge in [0.05, 0.1) is 23.4 Å². The van der Waals surface area contributed by atoms with Crippen molar-refractivity contribution in [3.8, 4) is 0 Å². The predicted molar refractivity (Wildman–Crippen MR) is 72.6 cm³/mol. The Kier molecular flexibility index (Phi) is 2.91. The Bertz CT molecular complexity index is 650. The number of pyridine rings is 1. The number of benzene rings is 1. The first-order valence-electron chi connectivity index (χ1n) is 5.72. The van der Waals surface area contributed by atoms with Gasteiger partial charge < -0.3 is 0 Å². The molecule has 1 aliphatic rings. The molecule has 2 heterocycles. The number of nitrogens with zero attached hydrogens (tertiary/aromatic N) is 2. The number of aromatic nitrogens is 1. The molecule has 0 bridgehead atoms.